The Morgan fingerprint density at radius 2 is 2.31 bits per heavy atom. The van der Waals surface area contributed by atoms with Gasteiger partial charge in [-0.15, -0.1) is 0 Å². The highest BCUT2D eigenvalue weighted by atomic mass is 35.5. The number of nitrogens with zero attached hydrogens (tertiary/aromatic N) is 4. The first-order valence-electron chi connectivity index (χ1n) is 9.11. The summed E-state index contributed by atoms with van der Waals surface area (Å²) in [7, 11) is 3.47. The van der Waals surface area contributed by atoms with E-state index in [0.29, 0.717) is 11.0 Å². The number of rotatable bonds is 7. The number of likely N-dealkylation sites (N-methyl/N-ethyl adjacent to an activating group) is 1. The normalized spacial score (nSPS) is 17.3. The van der Waals surface area contributed by atoms with Gasteiger partial charge in [0.15, 0.2) is 5.96 Å². The van der Waals surface area contributed by atoms with Gasteiger partial charge >= 0.3 is 0 Å². The molecule has 1 saturated heterocycles. The van der Waals surface area contributed by atoms with Crippen LogP contribution in [0.4, 0.5) is 5.82 Å². The van der Waals surface area contributed by atoms with Crippen LogP contribution in [0.3, 0.4) is 0 Å². The highest BCUT2D eigenvalue weighted by Crippen LogP contribution is 2.25. The Labute approximate surface area is 160 Å². The fourth-order valence-corrected chi connectivity index (χ4v) is 2.94. The Morgan fingerprint density at radius 1 is 1.50 bits per heavy atom. The van der Waals surface area contributed by atoms with Gasteiger partial charge in [0.2, 0.25) is 5.91 Å². The van der Waals surface area contributed by atoms with Crippen molar-refractivity contribution in [2.24, 2.45) is 4.99 Å². The van der Waals surface area contributed by atoms with Crippen LogP contribution in [0.15, 0.2) is 23.3 Å². The summed E-state index contributed by atoms with van der Waals surface area (Å²) in [4.78, 5) is 24.4. The lowest BCUT2D eigenvalue weighted by Gasteiger charge is -2.20. The van der Waals surface area contributed by atoms with Crippen molar-refractivity contribution in [3.8, 4) is 0 Å². The molecule has 0 aromatic carbocycles. The lowest BCUT2D eigenvalue weighted by molar-refractivity contribution is -0.127. The fraction of sp³-hybridized carbons (Fsp3) is 0.611. The zero-order valence-electron chi connectivity index (χ0n) is 15.8. The smallest absolute Gasteiger partial charge is 0.243 e. The predicted octanol–water partition coefficient (Wildman–Crippen LogP) is 1.74. The van der Waals surface area contributed by atoms with Crippen molar-refractivity contribution in [3.05, 3.63) is 23.4 Å². The van der Waals surface area contributed by atoms with Gasteiger partial charge in [-0.25, -0.2) is 9.98 Å². The second-order valence-corrected chi connectivity index (χ2v) is 7.03. The van der Waals surface area contributed by atoms with E-state index in [-0.39, 0.29) is 18.5 Å². The Balaban J connectivity index is 1.95. The number of halogens is 1. The fourth-order valence-electron chi connectivity index (χ4n) is 2.70. The van der Waals surface area contributed by atoms with E-state index in [9.17, 15) is 4.79 Å². The molecular formula is C18H29ClN6O. The number of anilines is 1. The van der Waals surface area contributed by atoms with Crippen molar-refractivity contribution < 1.29 is 4.79 Å². The summed E-state index contributed by atoms with van der Waals surface area (Å²) in [6.45, 7) is 4.80. The van der Waals surface area contributed by atoms with Gasteiger partial charge < -0.3 is 20.4 Å². The molecule has 1 aromatic heterocycles. The number of carbonyl (C=O) groups is 1. The van der Waals surface area contributed by atoms with Crippen molar-refractivity contribution in [1.29, 1.82) is 0 Å². The Kier molecular flexibility index (Phi) is 7.97. The standard InChI is InChI=1S/C18H29ClN6O/c1-4-5-9-21-18(22-12-16(26)24(2)3)23-14-8-11-25(13-14)17-15(19)7-6-10-20-17/h6-7,10,14H,4-5,8-9,11-13H2,1-3H3,(H2,21,22,23). The van der Waals surface area contributed by atoms with Gasteiger partial charge in [-0.2, -0.15) is 0 Å². The van der Waals surface area contributed by atoms with Crippen LogP contribution >= 0.6 is 11.6 Å². The van der Waals surface area contributed by atoms with E-state index in [0.717, 1.165) is 44.7 Å². The zero-order chi connectivity index (χ0) is 18.9. The van der Waals surface area contributed by atoms with Gasteiger partial charge in [-0.1, -0.05) is 24.9 Å². The number of amides is 1. The van der Waals surface area contributed by atoms with Crippen LogP contribution < -0.4 is 15.5 Å². The summed E-state index contributed by atoms with van der Waals surface area (Å²) < 4.78 is 0. The van der Waals surface area contributed by atoms with Crippen LogP contribution in [0.1, 0.15) is 26.2 Å². The highest BCUT2D eigenvalue weighted by Gasteiger charge is 2.25. The summed E-state index contributed by atoms with van der Waals surface area (Å²) >= 11 is 6.25. The molecule has 7 nitrogen and oxygen atoms in total. The minimum Gasteiger partial charge on any atom is -0.356 e. The second kappa shape index (κ2) is 10.2. The van der Waals surface area contributed by atoms with E-state index in [1.165, 1.54) is 0 Å². The van der Waals surface area contributed by atoms with Crippen LogP contribution in [0, 0.1) is 0 Å². The molecule has 1 aliphatic rings. The summed E-state index contributed by atoms with van der Waals surface area (Å²) in [5, 5.41) is 7.43. The van der Waals surface area contributed by atoms with Gasteiger partial charge in [0, 0.05) is 46.0 Å². The van der Waals surface area contributed by atoms with Crippen molar-refractivity contribution in [2.45, 2.75) is 32.2 Å². The third-order valence-corrected chi connectivity index (χ3v) is 4.56. The lowest BCUT2D eigenvalue weighted by atomic mass is 10.3. The molecule has 144 valence electrons. The zero-order valence-corrected chi connectivity index (χ0v) is 16.6. The molecule has 0 saturated carbocycles. The molecule has 1 aliphatic heterocycles. The molecule has 2 heterocycles. The molecule has 1 fully saturated rings. The van der Waals surface area contributed by atoms with Gasteiger partial charge in [0.25, 0.3) is 0 Å². The number of hydrogen-bond donors (Lipinski definition) is 2. The van der Waals surface area contributed by atoms with Crippen LogP contribution in [0.25, 0.3) is 0 Å². The topological polar surface area (TPSA) is 72.9 Å². The molecule has 2 N–H and O–H groups in total. The first-order chi connectivity index (χ1) is 12.5. The number of nitrogens with one attached hydrogen (secondary N) is 2. The maximum Gasteiger partial charge on any atom is 0.243 e. The average Bonchev–Trinajstić information content (AvgIpc) is 3.08. The van der Waals surface area contributed by atoms with Crippen LogP contribution in [-0.4, -0.2) is 68.1 Å². The van der Waals surface area contributed by atoms with Crippen LogP contribution in [0.2, 0.25) is 5.02 Å². The number of aromatic nitrogens is 1. The molecule has 1 amide bonds. The molecule has 26 heavy (non-hydrogen) atoms. The minimum absolute atomic E-state index is 0.0186. The largest absolute Gasteiger partial charge is 0.356 e. The molecule has 0 radical (unpaired) electrons. The van der Waals surface area contributed by atoms with E-state index < -0.39 is 0 Å². The van der Waals surface area contributed by atoms with Crippen molar-refractivity contribution in [1.82, 2.24) is 20.5 Å². The predicted molar refractivity (Wildman–Crippen MR) is 107 cm³/mol. The molecule has 2 rings (SSSR count). The quantitative estimate of drug-likeness (QED) is 0.428. The molecule has 0 spiro atoms. The maximum absolute atomic E-state index is 11.8. The van der Waals surface area contributed by atoms with E-state index in [2.05, 4.69) is 32.4 Å². The van der Waals surface area contributed by atoms with Crippen LogP contribution in [0.5, 0.6) is 0 Å². The van der Waals surface area contributed by atoms with Crippen molar-refractivity contribution in [3.63, 3.8) is 0 Å². The van der Waals surface area contributed by atoms with E-state index in [1.54, 1.807) is 25.2 Å². The number of guanidine groups is 1. The molecule has 0 bridgehead atoms. The molecule has 1 atom stereocenters. The van der Waals surface area contributed by atoms with E-state index in [4.69, 9.17) is 11.6 Å². The number of unbranched alkanes of at least 4 members (excludes halogenated alkanes) is 1. The van der Waals surface area contributed by atoms with Gasteiger partial charge in [-0.05, 0) is 25.0 Å². The molecule has 1 aromatic rings. The van der Waals surface area contributed by atoms with E-state index >= 15 is 0 Å². The number of hydrogen-bond acceptors (Lipinski definition) is 4. The molecule has 1 unspecified atom stereocenters. The Morgan fingerprint density at radius 3 is 3.00 bits per heavy atom. The third kappa shape index (κ3) is 6.05. The summed E-state index contributed by atoms with van der Waals surface area (Å²) in [6, 6.07) is 3.92. The minimum atomic E-state index is -0.0186. The number of pyridine rings is 1. The third-order valence-electron chi connectivity index (χ3n) is 4.26. The molecule has 8 heteroatoms. The molecular weight excluding hydrogens is 352 g/mol. The van der Waals surface area contributed by atoms with Crippen molar-refractivity contribution in [2.75, 3.05) is 45.2 Å². The number of aliphatic imine (C=N–C) groups is 1. The van der Waals surface area contributed by atoms with E-state index in [1.807, 2.05) is 12.1 Å². The summed E-state index contributed by atoms with van der Waals surface area (Å²) in [6.07, 6.45) is 4.88. The highest BCUT2D eigenvalue weighted by molar-refractivity contribution is 6.32. The van der Waals surface area contributed by atoms with Gasteiger partial charge in [-0.3, -0.25) is 4.79 Å². The second-order valence-electron chi connectivity index (χ2n) is 6.62. The van der Waals surface area contributed by atoms with Crippen molar-refractivity contribution >= 4 is 29.3 Å². The monoisotopic (exact) mass is 380 g/mol. The van der Waals surface area contributed by atoms with Crippen LogP contribution in [-0.2, 0) is 4.79 Å². The van der Waals surface area contributed by atoms with Gasteiger partial charge in [0.05, 0.1) is 5.02 Å². The van der Waals surface area contributed by atoms with Gasteiger partial charge in [0.1, 0.15) is 12.4 Å². The summed E-state index contributed by atoms with van der Waals surface area (Å²) in [5.74, 6) is 1.49. The average molecular weight is 381 g/mol. The maximum atomic E-state index is 11.8. The molecule has 0 aliphatic carbocycles. The SMILES string of the molecule is CCCCNC(=NCC(=O)N(C)C)NC1CCN(c2ncccc2Cl)C1. The first kappa shape index (κ1) is 20.3. The number of carbonyl (C=O) groups excluding carboxylic acids is 1. The lowest BCUT2D eigenvalue weighted by Crippen LogP contribution is -2.45. The Bertz CT molecular complexity index is 621. The Hall–Kier alpha value is -2.02. The summed E-state index contributed by atoms with van der Waals surface area (Å²) in [5.41, 5.74) is 0. The first-order valence-corrected chi connectivity index (χ1v) is 9.49.